The summed E-state index contributed by atoms with van der Waals surface area (Å²) >= 11 is 11.8. The van der Waals surface area contributed by atoms with Crippen LogP contribution in [0.4, 0.5) is 0 Å². The summed E-state index contributed by atoms with van der Waals surface area (Å²) in [5, 5.41) is 1.17. The molecule has 12 heavy (non-hydrogen) atoms. The molecule has 0 radical (unpaired) electrons. The molecule has 3 heteroatoms. The summed E-state index contributed by atoms with van der Waals surface area (Å²) < 4.78 is 0. The molecule has 66 valence electrons. The number of benzene rings is 1. The minimum Gasteiger partial charge on any atom is -0.326 e. The highest BCUT2D eigenvalue weighted by molar-refractivity contribution is 6.42. The summed E-state index contributed by atoms with van der Waals surface area (Å²) in [6.45, 7) is 2.52. The van der Waals surface area contributed by atoms with Gasteiger partial charge in [-0.2, -0.15) is 0 Å². The van der Waals surface area contributed by atoms with E-state index < -0.39 is 0 Å². The molecule has 0 fully saturated rings. The van der Waals surface area contributed by atoms with Gasteiger partial charge in [0.25, 0.3) is 0 Å². The smallest absolute Gasteiger partial charge is 0.0639 e. The van der Waals surface area contributed by atoms with E-state index in [-0.39, 0.29) is 0 Å². The first-order valence-electron chi connectivity index (χ1n) is 3.86. The van der Waals surface area contributed by atoms with E-state index in [1.165, 1.54) is 5.56 Å². The van der Waals surface area contributed by atoms with Crippen molar-refractivity contribution in [3.63, 3.8) is 0 Å². The zero-order valence-electron chi connectivity index (χ0n) is 6.90. The first-order chi connectivity index (χ1) is 5.70. The van der Waals surface area contributed by atoms with Crippen molar-refractivity contribution in [3.05, 3.63) is 33.3 Å². The predicted octanol–water partition coefficient (Wildman–Crippen LogP) is 3.01. The third kappa shape index (κ3) is 1.74. The van der Waals surface area contributed by atoms with Crippen LogP contribution in [0.1, 0.15) is 18.1 Å². The van der Waals surface area contributed by atoms with Gasteiger partial charge in [0.05, 0.1) is 10.0 Å². The number of aryl methyl sites for hydroxylation is 1. The molecule has 1 rings (SSSR count). The van der Waals surface area contributed by atoms with Gasteiger partial charge in [-0.1, -0.05) is 36.2 Å². The Morgan fingerprint density at radius 3 is 2.50 bits per heavy atom. The SMILES string of the molecule is CCc1ccc(Cl)c(Cl)c1CN. The second-order valence-corrected chi connectivity index (χ2v) is 3.34. The summed E-state index contributed by atoms with van der Waals surface area (Å²) in [6.07, 6.45) is 0.934. The Kier molecular flexibility index (Phi) is 3.39. The van der Waals surface area contributed by atoms with E-state index >= 15 is 0 Å². The Hall–Kier alpha value is -0.240. The molecule has 0 aromatic heterocycles. The van der Waals surface area contributed by atoms with E-state index in [1.54, 1.807) is 0 Å². The van der Waals surface area contributed by atoms with E-state index in [1.807, 2.05) is 12.1 Å². The Bertz CT molecular complexity index is 284. The second kappa shape index (κ2) is 4.13. The Balaban J connectivity index is 3.25. The molecule has 1 aromatic rings. The fraction of sp³-hybridized carbons (Fsp3) is 0.333. The second-order valence-electron chi connectivity index (χ2n) is 2.56. The van der Waals surface area contributed by atoms with Crippen LogP contribution in [-0.4, -0.2) is 0 Å². The van der Waals surface area contributed by atoms with Crippen LogP contribution in [0.15, 0.2) is 12.1 Å². The Labute approximate surface area is 82.5 Å². The number of halogens is 2. The average Bonchev–Trinajstić information content (AvgIpc) is 2.09. The highest BCUT2D eigenvalue weighted by Crippen LogP contribution is 2.28. The monoisotopic (exact) mass is 203 g/mol. The highest BCUT2D eigenvalue weighted by atomic mass is 35.5. The lowest BCUT2D eigenvalue weighted by atomic mass is 10.1. The fourth-order valence-corrected chi connectivity index (χ4v) is 1.62. The van der Waals surface area contributed by atoms with Gasteiger partial charge >= 0.3 is 0 Å². The molecular formula is C9H11Cl2N. The van der Waals surface area contributed by atoms with Crippen molar-refractivity contribution in [2.24, 2.45) is 5.73 Å². The molecule has 1 aromatic carbocycles. The third-order valence-electron chi connectivity index (χ3n) is 1.88. The molecule has 0 amide bonds. The van der Waals surface area contributed by atoms with Gasteiger partial charge in [0.15, 0.2) is 0 Å². The molecule has 1 nitrogen and oxygen atoms in total. The topological polar surface area (TPSA) is 26.0 Å². The van der Waals surface area contributed by atoms with Gasteiger partial charge in [-0.05, 0) is 23.6 Å². The molecule has 0 heterocycles. The van der Waals surface area contributed by atoms with Gasteiger partial charge in [0.2, 0.25) is 0 Å². The van der Waals surface area contributed by atoms with Crippen molar-refractivity contribution >= 4 is 23.2 Å². The lowest BCUT2D eigenvalue weighted by Crippen LogP contribution is -2.02. The number of hydrogen-bond acceptors (Lipinski definition) is 1. The van der Waals surface area contributed by atoms with Crippen LogP contribution in [0.5, 0.6) is 0 Å². The van der Waals surface area contributed by atoms with Crippen LogP contribution in [0.25, 0.3) is 0 Å². The molecule has 0 aliphatic rings. The van der Waals surface area contributed by atoms with Crippen molar-refractivity contribution in [1.29, 1.82) is 0 Å². The van der Waals surface area contributed by atoms with E-state index in [4.69, 9.17) is 28.9 Å². The minimum absolute atomic E-state index is 0.447. The van der Waals surface area contributed by atoms with Crippen LogP contribution in [0.2, 0.25) is 10.0 Å². The lowest BCUT2D eigenvalue weighted by molar-refractivity contribution is 1.00. The van der Waals surface area contributed by atoms with Crippen molar-refractivity contribution in [2.45, 2.75) is 19.9 Å². The third-order valence-corrected chi connectivity index (χ3v) is 2.72. The van der Waals surface area contributed by atoms with Crippen LogP contribution >= 0.6 is 23.2 Å². The minimum atomic E-state index is 0.447. The van der Waals surface area contributed by atoms with E-state index in [0.717, 1.165) is 12.0 Å². The van der Waals surface area contributed by atoms with E-state index in [2.05, 4.69) is 6.92 Å². The summed E-state index contributed by atoms with van der Waals surface area (Å²) in [4.78, 5) is 0. The van der Waals surface area contributed by atoms with Crippen molar-refractivity contribution in [2.75, 3.05) is 0 Å². The van der Waals surface area contributed by atoms with Crippen molar-refractivity contribution < 1.29 is 0 Å². The average molecular weight is 204 g/mol. The van der Waals surface area contributed by atoms with Crippen molar-refractivity contribution in [3.8, 4) is 0 Å². The molecule has 0 aliphatic carbocycles. The zero-order valence-corrected chi connectivity index (χ0v) is 8.41. The van der Waals surface area contributed by atoms with Crippen LogP contribution < -0.4 is 5.73 Å². The quantitative estimate of drug-likeness (QED) is 0.787. The maximum atomic E-state index is 5.97. The number of rotatable bonds is 2. The maximum Gasteiger partial charge on any atom is 0.0639 e. The van der Waals surface area contributed by atoms with Gasteiger partial charge in [-0.3, -0.25) is 0 Å². The van der Waals surface area contributed by atoms with Crippen molar-refractivity contribution in [1.82, 2.24) is 0 Å². The number of hydrogen-bond donors (Lipinski definition) is 1. The van der Waals surface area contributed by atoms with E-state index in [0.29, 0.717) is 16.6 Å². The van der Waals surface area contributed by atoms with Crippen LogP contribution in [-0.2, 0) is 13.0 Å². The van der Waals surface area contributed by atoms with Gasteiger partial charge in [-0.15, -0.1) is 0 Å². The number of nitrogens with two attached hydrogens (primary N) is 1. The first-order valence-corrected chi connectivity index (χ1v) is 4.62. The molecule has 0 atom stereocenters. The normalized spacial score (nSPS) is 10.3. The zero-order chi connectivity index (χ0) is 9.14. The molecule has 0 saturated carbocycles. The predicted molar refractivity (Wildman–Crippen MR) is 53.7 cm³/mol. The Morgan fingerprint density at radius 1 is 1.33 bits per heavy atom. The molecular weight excluding hydrogens is 193 g/mol. The molecule has 0 saturated heterocycles. The molecule has 0 unspecified atom stereocenters. The standard InChI is InChI=1S/C9H11Cl2N/c1-2-6-3-4-8(10)9(11)7(6)5-12/h3-4H,2,5,12H2,1H3. The Morgan fingerprint density at radius 2 is 2.00 bits per heavy atom. The highest BCUT2D eigenvalue weighted by Gasteiger charge is 2.07. The summed E-state index contributed by atoms with van der Waals surface area (Å²) in [6, 6.07) is 3.78. The summed E-state index contributed by atoms with van der Waals surface area (Å²) in [5.74, 6) is 0. The van der Waals surface area contributed by atoms with Crippen LogP contribution in [0, 0.1) is 0 Å². The molecule has 0 bridgehead atoms. The lowest BCUT2D eigenvalue weighted by Gasteiger charge is -2.08. The van der Waals surface area contributed by atoms with Gasteiger partial charge < -0.3 is 5.73 Å². The summed E-state index contributed by atoms with van der Waals surface area (Å²) in [7, 11) is 0. The van der Waals surface area contributed by atoms with Gasteiger partial charge in [0, 0.05) is 6.54 Å². The van der Waals surface area contributed by atoms with E-state index in [9.17, 15) is 0 Å². The van der Waals surface area contributed by atoms with Crippen LogP contribution in [0.3, 0.4) is 0 Å². The van der Waals surface area contributed by atoms with Gasteiger partial charge in [-0.25, -0.2) is 0 Å². The maximum absolute atomic E-state index is 5.97. The van der Waals surface area contributed by atoms with Gasteiger partial charge in [0.1, 0.15) is 0 Å². The molecule has 0 spiro atoms. The largest absolute Gasteiger partial charge is 0.326 e. The summed E-state index contributed by atoms with van der Waals surface area (Å²) in [5.41, 5.74) is 7.69. The fourth-order valence-electron chi connectivity index (χ4n) is 1.18. The first kappa shape index (κ1) is 9.85. The molecule has 0 aliphatic heterocycles. The molecule has 2 N–H and O–H groups in total.